The Balaban J connectivity index is 1.76. The zero-order valence-electron chi connectivity index (χ0n) is 13.0. The molecule has 1 heterocycles. The maximum atomic E-state index is 12.1. The minimum atomic E-state index is -0.524. The third-order valence-corrected chi connectivity index (χ3v) is 3.69. The predicted octanol–water partition coefficient (Wildman–Crippen LogP) is 0.488. The highest BCUT2D eigenvalue weighted by molar-refractivity contribution is 6.35. The van der Waals surface area contributed by atoms with Crippen molar-refractivity contribution in [2.75, 3.05) is 51.3 Å². The summed E-state index contributed by atoms with van der Waals surface area (Å²) in [5.74, 6) is -0.964. The molecule has 0 radical (unpaired) electrons. The molecule has 1 aliphatic heterocycles. The quantitative estimate of drug-likeness (QED) is 0.635. The number of piperazine rings is 1. The highest BCUT2D eigenvalue weighted by Crippen LogP contribution is 2.15. The second-order valence-electron chi connectivity index (χ2n) is 5.22. The molecule has 2 rings (SSSR count). The number of carbonyl (C=O) groups excluding carboxylic acids is 2. The molecule has 1 aromatic carbocycles. The summed E-state index contributed by atoms with van der Waals surface area (Å²) in [5.41, 5.74) is 1.15. The van der Waals surface area contributed by atoms with E-state index in [4.69, 9.17) is 4.74 Å². The number of hydrogen-bond donors (Lipinski definition) is 1. The fourth-order valence-electron chi connectivity index (χ4n) is 2.44. The number of anilines is 1. The van der Waals surface area contributed by atoms with E-state index in [1.807, 2.05) is 18.2 Å². The summed E-state index contributed by atoms with van der Waals surface area (Å²) in [5, 5.41) is 2.63. The van der Waals surface area contributed by atoms with Crippen LogP contribution < -0.4 is 10.2 Å². The van der Waals surface area contributed by atoms with Crippen molar-refractivity contribution < 1.29 is 14.3 Å². The molecule has 0 aromatic heterocycles. The van der Waals surface area contributed by atoms with E-state index in [2.05, 4.69) is 22.3 Å². The van der Waals surface area contributed by atoms with Gasteiger partial charge in [0.2, 0.25) is 0 Å². The Morgan fingerprint density at radius 1 is 1.14 bits per heavy atom. The van der Waals surface area contributed by atoms with Crippen molar-refractivity contribution in [2.45, 2.75) is 6.42 Å². The van der Waals surface area contributed by atoms with E-state index in [9.17, 15) is 9.59 Å². The smallest absolute Gasteiger partial charge is 0.312 e. The second kappa shape index (κ2) is 8.38. The van der Waals surface area contributed by atoms with E-state index in [1.165, 1.54) is 0 Å². The van der Waals surface area contributed by atoms with Crippen LogP contribution in [0.1, 0.15) is 6.42 Å². The van der Waals surface area contributed by atoms with Crippen LogP contribution in [0.4, 0.5) is 5.69 Å². The monoisotopic (exact) mass is 305 g/mol. The molecule has 1 saturated heterocycles. The van der Waals surface area contributed by atoms with Crippen molar-refractivity contribution in [1.82, 2.24) is 10.2 Å². The lowest BCUT2D eigenvalue weighted by molar-refractivity contribution is -0.146. The molecule has 1 N–H and O–H groups in total. The first-order valence-electron chi connectivity index (χ1n) is 7.58. The van der Waals surface area contributed by atoms with E-state index in [0.29, 0.717) is 32.7 Å². The Kier molecular flexibility index (Phi) is 6.21. The Labute approximate surface area is 131 Å². The summed E-state index contributed by atoms with van der Waals surface area (Å²) in [7, 11) is 1.61. The molecule has 0 saturated carbocycles. The number of nitrogens with one attached hydrogen (secondary N) is 1. The average Bonchev–Trinajstić information content (AvgIpc) is 2.59. The number of hydrogen-bond acceptors (Lipinski definition) is 4. The van der Waals surface area contributed by atoms with E-state index < -0.39 is 11.8 Å². The Morgan fingerprint density at radius 2 is 1.82 bits per heavy atom. The molecule has 22 heavy (non-hydrogen) atoms. The Hall–Kier alpha value is -2.08. The van der Waals surface area contributed by atoms with Crippen LogP contribution in [0.3, 0.4) is 0 Å². The van der Waals surface area contributed by atoms with Crippen molar-refractivity contribution in [2.24, 2.45) is 0 Å². The van der Waals surface area contributed by atoms with E-state index in [-0.39, 0.29) is 0 Å². The minimum absolute atomic E-state index is 0.440. The molecule has 6 nitrogen and oxygen atoms in total. The Bertz CT molecular complexity index is 485. The van der Waals surface area contributed by atoms with Crippen LogP contribution in [0.15, 0.2) is 30.3 Å². The van der Waals surface area contributed by atoms with Gasteiger partial charge in [0, 0.05) is 52.1 Å². The van der Waals surface area contributed by atoms with Crippen LogP contribution in [-0.4, -0.2) is 63.2 Å². The van der Waals surface area contributed by atoms with Crippen LogP contribution in [0.2, 0.25) is 0 Å². The van der Waals surface area contributed by atoms with Crippen molar-refractivity contribution >= 4 is 17.5 Å². The number of para-hydroxylation sites is 1. The topological polar surface area (TPSA) is 61.9 Å². The van der Waals surface area contributed by atoms with Gasteiger partial charge in [-0.25, -0.2) is 0 Å². The van der Waals surface area contributed by atoms with Crippen molar-refractivity contribution in [3.63, 3.8) is 0 Å². The van der Waals surface area contributed by atoms with Crippen LogP contribution >= 0.6 is 0 Å². The molecule has 1 fully saturated rings. The third-order valence-electron chi connectivity index (χ3n) is 3.69. The molecule has 2 amide bonds. The highest BCUT2D eigenvalue weighted by atomic mass is 16.5. The second-order valence-corrected chi connectivity index (χ2v) is 5.22. The summed E-state index contributed by atoms with van der Waals surface area (Å²) >= 11 is 0. The number of amides is 2. The van der Waals surface area contributed by atoms with Crippen molar-refractivity contribution in [3.05, 3.63) is 30.3 Å². The van der Waals surface area contributed by atoms with Gasteiger partial charge in [0.25, 0.3) is 0 Å². The lowest BCUT2D eigenvalue weighted by atomic mass is 10.2. The van der Waals surface area contributed by atoms with E-state index in [1.54, 1.807) is 12.0 Å². The zero-order valence-corrected chi connectivity index (χ0v) is 13.0. The first kappa shape index (κ1) is 16.3. The van der Waals surface area contributed by atoms with Crippen molar-refractivity contribution in [3.8, 4) is 0 Å². The SMILES string of the molecule is COCCCNC(=O)C(=O)N1CCN(c2ccccc2)CC1. The molecule has 1 aliphatic rings. The van der Waals surface area contributed by atoms with Gasteiger partial charge in [0.15, 0.2) is 0 Å². The van der Waals surface area contributed by atoms with Gasteiger partial charge in [-0.1, -0.05) is 18.2 Å². The van der Waals surface area contributed by atoms with Crippen LogP contribution in [0, 0.1) is 0 Å². The molecular formula is C16H23N3O3. The third kappa shape index (κ3) is 4.46. The fourth-order valence-corrected chi connectivity index (χ4v) is 2.44. The number of ether oxygens (including phenoxy) is 1. The molecule has 0 bridgehead atoms. The molecular weight excluding hydrogens is 282 g/mol. The van der Waals surface area contributed by atoms with Gasteiger partial charge in [-0.15, -0.1) is 0 Å². The van der Waals surface area contributed by atoms with Crippen LogP contribution in [0.25, 0.3) is 0 Å². The first-order chi connectivity index (χ1) is 10.7. The zero-order chi connectivity index (χ0) is 15.8. The molecule has 0 aliphatic carbocycles. The van der Waals surface area contributed by atoms with Gasteiger partial charge < -0.3 is 19.9 Å². The van der Waals surface area contributed by atoms with Crippen LogP contribution in [-0.2, 0) is 14.3 Å². The minimum Gasteiger partial charge on any atom is -0.385 e. The predicted molar refractivity (Wildman–Crippen MR) is 84.7 cm³/mol. The number of methoxy groups -OCH3 is 1. The fraction of sp³-hybridized carbons (Fsp3) is 0.500. The lowest BCUT2D eigenvalue weighted by Gasteiger charge is -2.35. The average molecular weight is 305 g/mol. The normalized spacial score (nSPS) is 14.8. The molecule has 6 heteroatoms. The Morgan fingerprint density at radius 3 is 2.45 bits per heavy atom. The molecule has 0 spiro atoms. The van der Waals surface area contributed by atoms with Gasteiger partial charge in [-0.05, 0) is 18.6 Å². The molecule has 0 atom stereocenters. The molecule has 0 unspecified atom stereocenters. The van der Waals surface area contributed by atoms with Gasteiger partial charge >= 0.3 is 11.8 Å². The molecule has 120 valence electrons. The lowest BCUT2D eigenvalue weighted by Crippen LogP contribution is -2.52. The largest absolute Gasteiger partial charge is 0.385 e. The number of benzene rings is 1. The summed E-state index contributed by atoms with van der Waals surface area (Å²) in [6, 6.07) is 10.1. The van der Waals surface area contributed by atoms with Gasteiger partial charge in [0.05, 0.1) is 0 Å². The van der Waals surface area contributed by atoms with Gasteiger partial charge in [-0.3, -0.25) is 9.59 Å². The van der Waals surface area contributed by atoms with Crippen LogP contribution in [0.5, 0.6) is 0 Å². The number of nitrogens with zero attached hydrogens (tertiary/aromatic N) is 2. The number of carbonyl (C=O) groups is 2. The first-order valence-corrected chi connectivity index (χ1v) is 7.58. The number of rotatable bonds is 5. The van der Waals surface area contributed by atoms with E-state index in [0.717, 1.165) is 18.8 Å². The highest BCUT2D eigenvalue weighted by Gasteiger charge is 2.25. The molecule has 1 aromatic rings. The van der Waals surface area contributed by atoms with Gasteiger partial charge in [0.1, 0.15) is 0 Å². The van der Waals surface area contributed by atoms with Crippen molar-refractivity contribution in [1.29, 1.82) is 0 Å². The summed E-state index contributed by atoms with van der Waals surface area (Å²) in [6.07, 6.45) is 0.706. The van der Waals surface area contributed by atoms with E-state index >= 15 is 0 Å². The maximum Gasteiger partial charge on any atom is 0.312 e. The maximum absolute atomic E-state index is 12.1. The standard InChI is InChI=1S/C16H23N3O3/c1-22-13-5-8-17-15(20)16(21)19-11-9-18(10-12-19)14-6-3-2-4-7-14/h2-4,6-7H,5,8-13H2,1H3,(H,17,20). The van der Waals surface area contributed by atoms with Gasteiger partial charge in [-0.2, -0.15) is 0 Å². The summed E-state index contributed by atoms with van der Waals surface area (Å²) in [4.78, 5) is 27.7. The summed E-state index contributed by atoms with van der Waals surface area (Å²) < 4.78 is 4.90. The summed E-state index contributed by atoms with van der Waals surface area (Å²) in [6.45, 7) is 3.66.